The van der Waals surface area contributed by atoms with E-state index in [2.05, 4.69) is 4.98 Å². The van der Waals surface area contributed by atoms with Gasteiger partial charge >= 0.3 is 0 Å². The van der Waals surface area contributed by atoms with Crippen molar-refractivity contribution in [3.63, 3.8) is 0 Å². The molecular weight excluding hydrogens is 190 g/mol. The Morgan fingerprint density at radius 3 is 3.00 bits per heavy atom. The van der Waals surface area contributed by atoms with Gasteiger partial charge in [-0.1, -0.05) is 6.07 Å². The number of anilines is 1. The lowest BCUT2D eigenvalue weighted by Crippen LogP contribution is -2.26. The van der Waals surface area contributed by atoms with Gasteiger partial charge in [-0.05, 0) is 31.5 Å². The molecule has 0 spiro atoms. The van der Waals surface area contributed by atoms with E-state index >= 15 is 0 Å². The van der Waals surface area contributed by atoms with Crippen LogP contribution < -0.4 is 10.6 Å². The lowest BCUT2D eigenvalue weighted by atomic mass is 10.1. The molecule has 1 aliphatic rings. The molecule has 1 atom stereocenters. The summed E-state index contributed by atoms with van der Waals surface area (Å²) in [7, 11) is 0. The first-order valence-corrected chi connectivity index (χ1v) is 5.15. The number of amides is 1. The predicted molar refractivity (Wildman–Crippen MR) is 58.5 cm³/mol. The number of pyridine rings is 1. The standard InChI is InChI=1S/C11H15N3O/c1-8-3-2-4-10(13-8)14-7-9(6-12)5-11(14)15/h2-4,9H,5-7,12H2,1H3. The minimum absolute atomic E-state index is 0.128. The van der Waals surface area contributed by atoms with Crippen molar-refractivity contribution in [1.82, 2.24) is 4.98 Å². The summed E-state index contributed by atoms with van der Waals surface area (Å²) in [5.74, 6) is 1.15. The summed E-state index contributed by atoms with van der Waals surface area (Å²) in [5, 5.41) is 0. The van der Waals surface area contributed by atoms with Crippen LogP contribution in [0.4, 0.5) is 5.82 Å². The summed E-state index contributed by atoms with van der Waals surface area (Å²) in [5.41, 5.74) is 6.49. The monoisotopic (exact) mass is 205 g/mol. The second-order valence-corrected chi connectivity index (χ2v) is 3.95. The molecule has 0 aliphatic carbocycles. The lowest BCUT2D eigenvalue weighted by molar-refractivity contribution is -0.117. The molecule has 1 aromatic heterocycles. The van der Waals surface area contributed by atoms with Crippen LogP contribution >= 0.6 is 0 Å². The van der Waals surface area contributed by atoms with Crippen LogP contribution in [0.1, 0.15) is 12.1 Å². The minimum Gasteiger partial charge on any atom is -0.330 e. The molecule has 80 valence electrons. The maximum atomic E-state index is 11.7. The number of carbonyl (C=O) groups excluding carboxylic acids is 1. The third-order valence-corrected chi connectivity index (χ3v) is 2.69. The zero-order valence-corrected chi connectivity index (χ0v) is 8.81. The number of aromatic nitrogens is 1. The summed E-state index contributed by atoms with van der Waals surface area (Å²) < 4.78 is 0. The Bertz CT molecular complexity index is 378. The zero-order valence-electron chi connectivity index (χ0n) is 8.81. The molecule has 1 amide bonds. The molecule has 0 radical (unpaired) electrons. The number of nitrogens with zero attached hydrogens (tertiary/aromatic N) is 2. The maximum Gasteiger partial charge on any atom is 0.228 e. The minimum atomic E-state index is 0.128. The van der Waals surface area contributed by atoms with Gasteiger partial charge in [0.05, 0.1) is 0 Å². The molecule has 1 aromatic rings. The van der Waals surface area contributed by atoms with E-state index < -0.39 is 0 Å². The number of hydrogen-bond donors (Lipinski definition) is 1. The van der Waals surface area contributed by atoms with Crippen molar-refractivity contribution in [2.75, 3.05) is 18.0 Å². The van der Waals surface area contributed by atoms with Crippen molar-refractivity contribution in [1.29, 1.82) is 0 Å². The molecule has 0 bridgehead atoms. The van der Waals surface area contributed by atoms with Crippen LogP contribution in [0.3, 0.4) is 0 Å². The normalized spacial score (nSPS) is 21.1. The fourth-order valence-electron chi connectivity index (χ4n) is 1.84. The average Bonchev–Trinajstić information content (AvgIpc) is 2.60. The van der Waals surface area contributed by atoms with E-state index in [1.807, 2.05) is 25.1 Å². The third-order valence-electron chi connectivity index (χ3n) is 2.69. The first-order valence-electron chi connectivity index (χ1n) is 5.15. The van der Waals surface area contributed by atoms with Crippen LogP contribution in [0.2, 0.25) is 0 Å². The molecule has 4 nitrogen and oxygen atoms in total. The second kappa shape index (κ2) is 3.98. The van der Waals surface area contributed by atoms with Gasteiger partial charge in [-0.25, -0.2) is 4.98 Å². The molecule has 2 rings (SSSR count). The molecule has 0 saturated carbocycles. The summed E-state index contributed by atoms with van der Waals surface area (Å²) in [6, 6.07) is 5.70. The highest BCUT2D eigenvalue weighted by molar-refractivity contribution is 5.94. The van der Waals surface area contributed by atoms with Crippen molar-refractivity contribution in [3.05, 3.63) is 23.9 Å². The first-order chi connectivity index (χ1) is 7.20. The van der Waals surface area contributed by atoms with Gasteiger partial charge in [0.25, 0.3) is 0 Å². The Morgan fingerprint density at radius 1 is 1.60 bits per heavy atom. The van der Waals surface area contributed by atoms with Gasteiger partial charge < -0.3 is 5.73 Å². The van der Waals surface area contributed by atoms with Crippen molar-refractivity contribution in [2.24, 2.45) is 11.7 Å². The average molecular weight is 205 g/mol. The van der Waals surface area contributed by atoms with Crippen LogP contribution in [-0.2, 0) is 4.79 Å². The molecule has 15 heavy (non-hydrogen) atoms. The van der Waals surface area contributed by atoms with Crippen LogP contribution in [-0.4, -0.2) is 24.0 Å². The van der Waals surface area contributed by atoms with Crippen LogP contribution in [0.5, 0.6) is 0 Å². The topological polar surface area (TPSA) is 59.2 Å². The largest absolute Gasteiger partial charge is 0.330 e. The summed E-state index contributed by atoms with van der Waals surface area (Å²) >= 11 is 0. The van der Waals surface area contributed by atoms with E-state index in [1.54, 1.807) is 4.90 Å². The predicted octanol–water partition coefficient (Wildman–Crippen LogP) is 0.702. The highest BCUT2D eigenvalue weighted by Crippen LogP contribution is 2.22. The van der Waals surface area contributed by atoms with Crippen molar-refractivity contribution in [2.45, 2.75) is 13.3 Å². The number of rotatable bonds is 2. The highest BCUT2D eigenvalue weighted by atomic mass is 16.2. The molecular formula is C11H15N3O. The van der Waals surface area contributed by atoms with Crippen LogP contribution in [0, 0.1) is 12.8 Å². The Morgan fingerprint density at radius 2 is 2.40 bits per heavy atom. The van der Waals surface area contributed by atoms with E-state index in [0.29, 0.717) is 19.5 Å². The quantitative estimate of drug-likeness (QED) is 0.773. The molecule has 2 N–H and O–H groups in total. The Balaban J connectivity index is 2.21. The fourth-order valence-corrected chi connectivity index (χ4v) is 1.84. The van der Waals surface area contributed by atoms with Gasteiger partial charge in [-0.3, -0.25) is 9.69 Å². The van der Waals surface area contributed by atoms with Crippen molar-refractivity contribution < 1.29 is 4.79 Å². The van der Waals surface area contributed by atoms with Gasteiger partial charge in [-0.2, -0.15) is 0 Å². The fraction of sp³-hybridized carbons (Fsp3) is 0.455. The van der Waals surface area contributed by atoms with Crippen LogP contribution in [0.15, 0.2) is 18.2 Å². The number of aryl methyl sites for hydroxylation is 1. The SMILES string of the molecule is Cc1cccc(N2CC(CN)CC2=O)n1. The van der Waals surface area contributed by atoms with Gasteiger partial charge in [0.2, 0.25) is 5.91 Å². The highest BCUT2D eigenvalue weighted by Gasteiger charge is 2.30. The Labute approximate surface area is 89.1 Å². The molecule has 2 heterocycles. The van der Waals surface area contributed by atoms with Crippen molar-refractivity contribution in [3.8, 4) is 0 Å². The molecule has 4 heteroatoms. The van der Waals surface area contributed by atoms with E-state index in [-0.39, 0.29) is 11.8 Å². The van der Waals surface area contributed by atoms with Gasteiger partial charge in [0, 0.05) is 18.7 Å². The summed E-state index contributed by atoms with van der Waals surface area (Å²) in [6.45, 7) is 3.18. The maximum absolute atomic E-state index is 11.7. The van der Waals surface area contributed by atoms with Gasteiger partial charge in [0.15, 0.2) is 0 Å². The third kappa shape index (κ3) is 1.99. The summed E-state index contributed by atoms with van der Waals surface area (Å²) in [6.07, 6.45) is 0.548. The van der Waals surface area contributed by atoms with Gasteiger partial charge in [0.1, 0.15) is 5.82 Å². The van der Waals surface area contributed by atoms with E-state index in [4.69, 9.17) is 5.73 Å². The zero-order chi connectivity index (χ0) is 10.8. The van der Waals surface area contributed by atoms with Crippen LogP contribution in [0.25, 0.3) is 0 Å². The second-order valence-electron chi connectivity index (χ2n) is 3.95. The van der Waals surface area contributed by atoms with E-state index in [1.165, 1.54) is 0 Å². The molecule has 1 aliphatic heterocycles. The first kappa shape index (κ1) is 10.1. The lowest BCUT2D eigenvalue weighted by Gasteiger charge is -2.15. The number of hydrogen-bond acceptors (Lipinski definition) is 3. The molecule has 0 aromatic carbocycles. The van der Waals surface area contributed by atoms with Gasteiger partial charge in [-0.15, -0.1) is 0 Å². The van der Waals surface area contributed by atoms with E-state index in [0.717, 1.165) is 11.5 Å². The number of carbonyl (C=O) groups is 1. The summed E-state index contributed by atoms with van der Waals surface area (Å²) in [4.78, 5) is 17.8. The van der Waals surface area contributed by atoms with Crippen molar-refractivity contribution >= 4 is 11.7 Å². The Kier molecular flexibility index (Phi) is 2.68. The molecule has 1 unspecified atom stereocenters. The molecule has 1 saturated heterocycles. The number of nitrogens with two attached hydrogens (primary N) is 1. The Hall–Kier alpha value is -1.42. The smallest absolute Gasteiger partial charge is 0.228 e. The van der Waals surface area contributed by atoms with E-state index in [9.17, 15) is 4.79 Å². The molecule has 1 fully saturated rings.